The van der Waals surface area contributed by atoms with Crippen molar-refractivity contribution in [2.75, 3.05) is 40.5 Å². The number of fused-ring (bicyclic) bond motifs is 1. The maximum atomic E-state index is 14.1. The molecule has 1 amide bonds. The van der Waals surface area contributed by atoms with E-state index in [2.05, 4.69) is 15.4 Å². The van der Waals surface area contributed by atoms with Crippen LogP contribution in [0.25, 0.3) is 0 Å². The fourth-order valence-electron chi connectivity index (χ4n) is 4.01. The molecule has 31 heavy (non-hydrogen) atoms. The number of rotatable bonds is 6. The molecule has 2 aliphatic rings. The normalized spacial score (nSPS) is 23.3. The van der Waals surface area contributed by atoms with E-state index in [1.54, 1.807) is 12.3 Å². The number of nitrogens with two attached hydrogens (primary N) is 1. The Morgan fingerprint density at radius 3 is 2.90 bits per heavy atom. The van der Waals surface area contributed by atoms with Crippen LogP contribution in [0.5, 0.6) is 5.75 Å². The number of amides is 1. The molecule has 2 aromatic heterocycles. The van der Waals surface area contributed by atoms with Crippen LogP contribution in [0, 0.1) is 0 Å². The summed E-state index contributed by atoms with van der Waals surface area (Å²) in [6.45, 7) is 2.85. The van der Waals surface area contributed by atoms with Gasteiger partial charge in [0.2, 0.25) is 0 Å². The van der Waals surface area contributed by atoms with Gasteiger partial charge in [0.25, 0.3) is 5.91 Å². The fraction of sp³-hybridized carbons (Fsp3) is 0.550. The minimum atomic E-state index is -1.07. The van der Waals surface area contributed by atoms with Crippen LogP contribution in [-0.4, -0.2) is 61.8 Å². The van der Waals surface area contributed by atoms with Gasteiger partial charge in [-0.05, 0) is 19.3 Å². The van der Waals surface area contributed by atoms with Gasteiger partial charge in [-0.1, -0.05) is 6.92 Å². The zero-order valence-electron chi connectivity index (χ0n) is 17.4. The van der Waals surface area contributed by atoms with Crippen molar-refractivity contribution in [3.05, 3.63) is 24.0 Å². The molecule has 0 saturated carbocycles. The quantitative estimate of drug-likeness (QED) is 0.691. The third-order valence-corrected chi connectivity index (χ3v) is 6.80. The van der Waals surface area contributed by atoms with Crippen molar-refractivity contribution in [3.8, 4) is 5.75 Å². The number of nitrogen functional groups attached to an aromatic ring is 1. The molecule has 3 N–H and O–H groups in total. The number of hydrogen-bond donors (Lipinski definition) is 2. The maximum Gasteiger partial charge on any atom is 0.263 e. The van der Waals surface area contributed by atoms with Crippen LogP contribution in [0.15, 0.2) is 18.5 Å². The highest BCUT2D eigenvalue weighted by Crippen LogP contribution is 2.33. The number of carbonyl (C=O) groups excluding carboxylic acids is 1. The average molecular weight is 451 g/mol. The molecule has 11 heteroatoms. The van der Waals surface area contributed by atoms with E-state index in [-0.39, 0.29) is 30.6 Å². The van der Waals surface area contributed by atoms with Crippen LogP contribution in [0.2, 0.25) is 0 Å². The molecule has 2 aromatic rings. The largest absolute Gasteiger partial charge is 0.488 e. The highest BCUT2D eigenvalue weighted by Gasteiger charge is 2.33. The highest BCUT2D eigenvalue weighted by molar-refractivity contribution is 7.85. The number of aromatic nitrogens is 3. The second kappa shape index (κ2) is 9.21. The fourth-order valence-corrected chi connectivity index (χ4v) is 5.26. The maximum absolute atomic E-state index is 14.1. The first kappa shape index (κ1) is 21.5. The lowest BCUT2D eigenvalue weighted by Crippen LogP contribution is -2.41. The van der Waals surface area contributed by atoms with E-state index in [4.69, 9.17) is 10.5 Å². The lowest BCUT2D eigenvalue weighted by atomic mass is 10.2. The van der Waals surface area contributed by atoms with Crippen molar-refractivity contribution in [3.63, 3.8) is 0 Å². The van der Waals surface area contributed by atoms with Gasteiger partial charge in [-0.15, -0.1) is 0 Å². The van der Waals surface area contributed by atoms with Gasteiger partial charge in [0.15, 0.2) is 5.82 Å². The molecule has 1 fully saturated rings. The first-order valence-corrected chi connectivity index (χ1v) is 12.0. The molecule has 0 spiro atoms. The van der Waals surface area contributed by atoms with Gasteiger partial charge in [0.05, 0.1) is 19.3 Å². The van der Waals surface area contributed by atoms with Crippen LogP contribution >= 0.6 is 0 Å². The van der Waals surface area contributed by atoms with E-state index in [1.807, 2.05) is 11.8 Å². The number of pyridine rings is 1. The smallest absolute Gasteiger partial charge is 0.263 e. The van der Waals surface area contributed by atoms with Gasteiger partial charge in [0.1, 0.15) is 35.1 Å². The summed E-state index contributed by atoms with van der Waals surface area (Å²) in [5, 5.41) is 7.03. The Morgan fingerprint density at radius 2 is 2.16 bits per heavy atom. The zero-order valence-corrected chi connectivity index (χ0v) is 18.2. The van der Waals surface area contributed by atoms with Crippen molar-refractivity contribution in [2.24, 2.45) is 0 Å². The summed E-state index contributed by atoms with van der Waals surface area (Å²) in [5.74, 6) is 1.86. The Labute approximate surface area is 182 Å². The molecule has 0 radical (unpaired) electrons. The summed E-state index contributed by atoms with van der Waals surface area (Å²) in [5.41, 5.74) is 6.70. The Kier molecular flexibility index (Phi) is 6.40. The lowest BCUT2D eigenvalue weighted by molar-refractivity contribution is 0.102. The first-order chi connectivity index (χ1) is 15.0. The van der Waals surface area contributed by atoms with E-state index in [9.17, 15) is 13.4 Å². The Morgan fingerprint density at radius 1 is 1.39 bits per heavy atom. The van der Waals surface area contributed by atoms with Crippen molar-refractivity contribution in [2.45, 2.75) is 45.0 Å². The van der Waals surface area contributed by atoms with Crippen LogP contribution in [0.1, 0.15) is 36.5 Å². The van der Waals surface area contributed by atoms with Gasteiger partial charge < -0.3 is 20.7 Å². The van der Waals surface area contributed by atoms with Gasteiger partial charge in [0, 0.05) is 41.1 Å². The third-order valence-electron chi connectivity index (χ3n) is 5.42. The van der Waals surface area contributed by atoms with Crippen LogP contribution < -0.4 is 20.7 Å². The van der Waals surface area contributed by atoms with Crippen LogP contribution in [0.3, 0.4) is 0 Å². The van der Waals surface area contributed by atoms with Crippen molar-refractivity contribution < 1.29 is 18.1 Å². The summed E-state index contributed by atoms with van der Waals surface area (Å²) in [7, 11) is -0.782. The number of ether oxygens (including phenoxy) is 1. The molecular formula is C20H27FN6O3S. The van der Waals surface area contributed by atoms with Gasteiger partial charge in [-0.3, -0.25) is 14.0 Å². The predicted molar refractivity (Wildman–Crippen MR) is 118 cm³/mol. The standard InChI is InChI=1S/C20H27FN6O3S/c1-2-7-26-11-13(21)12-27-20(26)17(18(22)25-27)19(28)24-15-10-23-6-3-16(15)30-14-4-8-31(29)9-5-14/h3,6,10,13-14H,2,4-5,7-9,11-12H2,1H3,(H2,22,25)(H,24,28). The minimum absolute atomic E-state index is 0.0591. The summed E-state index contributed by atoms with van der Waals surface area (Å²) in [4.78, 5) is 19.1. The number of carbonyl (C=O) groups is 1. The Bertz CT molecular complexity index is 974. The average Bonchev–Trinajstić information content (AvgIpc) is 3.07. The number of halogens is 1. The van der Waals surface area contributed by atoms with Crippen molar-refractivity contribution in [1.29, 1.82) is 0 Å². The van der Waals surface area contributed by atoms with Gasteiger partial charge >= 0.3 is 0 Å². The van der Waals surface area contributed by atoms with E-state index in [1.165, 1.54) is 10.9 Å². The van der Waals surface area contributed by atoms with Gasteiger partial charge in [-0.2, -0.15) is 5.10 Å². The molecule has 0 aliphatic carbocycles. The highest BCUT2D eigenvalue weighted by atomic mass is 32.2. The molecule has 2 aliphatic heterocycles. The minimum Gasteiger partial charge on any atom is -0.488 e. The molecule has 1 unspecified atom stereocenters. The molecule has 168 valence electrons. The monoisotopic (exact) mass is 450 g/mol. The molecule has 0 aromatic carbocycles. The number of hydrogen-bond acceptors (Lipinski definition) is 7. The summed E-state index contributed by atoms with van der Waals surface area (Å²) in [6.07, 6.45) is 4.16. The first-order valence-electron chi connectivity index (χ1n) is 10.5. The van der Waals surface area contributed by atoms with Crippen molar-refractivity contribution >= 4 is 34.0 Å². The predicted octanol–water partition coefficient (Wildman–Crippen LogP) is 1.97. The molecular weight excluding hydrogens is 423 g/mol. The van der Waals surface area contributed by atoms with Gasteiger partial charge in [-0.25, -0.2) is 9.07 Å². The number of anilines is 3. The molecule has 9 nitrogen and oxygen atoms in total. The SMILES string of the molecule is CCCN1CC(F)Cn2nc(N)c(C(=O)Nc3cnccc3OC3CCS(=O)CC3)c21. The molecule has 1 saturated heterocycles. The summed E-state index contributed by atoms with van der Waals surface area (Å²) < 4.78 is 33.3. The number of nitrogens with zero attached hydrogens (tertiary/aromatic N) is 4. The Hall–Kier alpha value is -2.69. The lowest BCUT2D eigenvalue weighted by Gasteiger charge is -2.32. The van der Waals surface area contributed by atoms with E-state index in [0.717, 1.165) is 6.42 Å². The molecule has 0 bridgehead atoms. The second-order valence-electron chi connectivity index (χ2n) is 7.80. The third kappa shape index (κ3) is 4.65. The van der Waals surface area contributed by atoms with Crippen LogP contribution in [-0.2, 0) is 17.3 Å². The van der Waals surface area contributed by atoms with Crippen molar-refractivity contribution in [1.82, 2.24) is 14.8 Å². The second-order valence-corrected chi connectivity index (χ2v) is 9.50. The molecule has 4 heterocycles. The van der Waals surface area contributed by atoms with E-state index < -0.39 is 22.9 Å². The molecule has 4 rings (SSSR count). The number of alkyl halides is 1. The number of nitrogens with one attached hydrogen (secondary N) is 1. The Balaban J connectivity index is 1.57. The van der Waals surface area contributed by atoms with E-state index in [0.29, 0.717) is 48.1 Å². The van der Waals surface area contributed by atoms with E-state index >= 15 is 0 Å². The van der Waals surface area contributed by atoms with Crippen LogP contribution in [0.4, 0.5) is 21.7 Å². The summed E-state index contributed by atoms with van der Waals surface area (Å²) in [6, 6.07) is 1.69. The zero-order chi connectivity index (χ0) is 22.0. The topological polar surface area (TPSA) is 115 Å². The summed E-state index contributed by atoms with van der Waals surface area (Å²) >= 11 is 0. The molecule has 1 atom stereocenters.